The molecule has 0 aliphatic carbocycles. The van der Waals surface area contributed by atoms with Gasteiger partial charge in [0.15, 0.2) is 0 Å². The third kappa shape index (κ3) is 2.10. The second-order valence-corrected chi connectivity index (χ2v) is 5.13. The Morgan fingerprint density at radius 3 is 2.60 bits per heavy atom. The molecule has 20 heavy (non-hydrogen) atoms. The monoisotopic (exact) mass is 266 g/mol. The summed E-state index contributed by atoms with van der Waals surface area (Å²) in [5.74, 6) is 0.710. The Hall–Kier alpha value is -2.13. The number of aliphatic hydroxyl groups excluding tert-OH is 1. The fourth-order valence-corrected chi connectivity index (χ4v) is 2.68. The van der Waals surface area contributed by atoms with Crippen LogP contribution >= 0.6 is 0 Å². The van der Waals surface area contributed by atoms with Crippen LogP contribution in [0, 0.1) is 6.92 Å². The number of nitrogens with zero attached hydrogens (tertiary/aromatic N) is 2. The summed E-state index contributed by atoms with van der Waals surface area (Å²) in [5.41, 5.74) is 4.40. The number of aryl methyl sites for hydroxylation is 1. The van der Waals surface area contributed by atoms with Gasteiger partial charge in [0.05, 0.1) is 17.1 Å². The van der Waals surface area contributed by atoms with Crippen LogP contribution in [-0.2, 0) is 6.61 Å². The molecule has 0 saturated carbocycles. The van der Waals surface area contributed by atoms with Crippen LogP contribution in [0.1, 0.15) is 29.9 Å². The predicted octanol–water partition coefficient (Wildman–Crippen LogP) is 3.45. The van der Waals surface area contributed by atoms with Gasteiger partial charge >= 0.3 is 0 Å². The number of imidazole rings is 1. The molecule has 102 valence electrons. The van der Waals surface area contributed by atoms with Crippen LogP contribution < -0.4 is 0 Å². The normalized spacial score (nSPS) is 12.8. The van der Waals surface area contributed by atoms with Crippen molar-refractivity contribution in [3.8, 4) is 0 Å². The fraction of sp³-hybridized carbons (Fsp3) is 0.235. The maximum atomic E-state index is 9.60. The molecule has 0 aliphatic rings. The van der Waals surface area contributed by atoms with Gasteiger partial charge in [-0.1, -0.05) is 36.4 Å². The quantitative estimate of drug-likeness (QED) is 0.788. The van der Waals surface area contributed by atoms with Crippen molar-refractivity contribution < 1.29 is 5.11 Å². The van der Waals surface area contributed by atoms with Crippen molar-refractivity contribution in [2.45, 2.75) is 26.5 Å². The molecule has 0 spiro atoms. The van der Waals surface area contributed by atoms with Gasteiger partial charge in [-0.15, -0.1) is 0 Å². The van der Waals surface area contributed by atoms with Gasteiger partial charge in [0.2, 0.25) is 0 Å². The molecule has 1 N–H and O–H groups in total. The number of rotatable bonds is 3. The van der Waals surface area contributed by atoms with Crippen molar-refractivity contribution in [2.75, 3.05) is 0 Å². The summed E-state index contributed by atoms with van der Waals surface area (Å²) in [5, 5.41) is 9.60. The van der Waals surface area contributed by atoms with Gasteiger partial charge in [0.1, 0.15) is 12.4 Å². The highest BCUT2D eigenvalue weighted by atomic mass is 16.3. The number of hydrogen-bond acceptors (Lipinski definition) is 2. The van der Waals surface area contributed by atoms with Crippen molar-refractivity contribution in [3.63, 3.8) is 0 Å². The van der Waals surface area contributed by atoms with Crippen LogP contribution in [0.25, 0.3) is 11.0 Å². The average Bonchev–Trinajstić information content (AvgIpc) is 2.84. The van der Waals surface area contributed by atoms with Crippen molar-refractivity contribution in [1.29, 1.82) is 0 Å². The maximum absolute atomic E-state index is 9.60. The summed E-state index contributed by atoms with van der Waals surface area (Å²) in [7, 11) is 0. The van der Waals surface area contributed by atoms with E-state index in [-0.39, 0.29) is 12.6 Å². The number of aliphatic hydroxyl groups is 1. The smallest absolute Gasteiger partial charge is 0.136 e. The summed E-state index contributed by atoms with van der Waals surface area (Å²) in [6, 6.07) is 16.7. The van der Waals surface area contributed by atoms with E-state index in [1.807, 2.05) is 18.2 Å². The highest BCUT2D eigenvalue weighted by Gasteiger charge is 2.16. The van der Waals surface area contributed by atoms with Gasteiger partial charge in [0.25, 0.3) is 0 Å². The van der Waals surface area contributed by atoms with E-state index in [4.69, 9.17) is 0 Å². The number of benzene rings is 2. The molecule has 0 amide bonds. The van der Waals surface area contributed by atoms with Crippen LogP contribution in [0.15, 0.2) is 48.5 Å². The van der Waals surface area contributed by atoms with E-state index >= 15 is 0 Å². The lowest BCUT2D eigenvalue weighted by molar-refractivity contribution is 0.264. The maximum Gasteiger partial charge on any atom is 0.136 e. The first-order valence-corrected chi connectivity index (χ1v) is 6.84. The highest BCUT2D eigenvalue weighted by Crippen LogP contribution is 2.26. The summed E-state index contributed by atoms with van der Waals surface area (Å²) in [4.78, 5) is 4.55. The van der Waals surface area contributed by atoms with Crippen LogP contribution in [-0.4, -0.2) is 14.7 Å². The molecule has 1 atom stereocenters. The summed E-state index contributed by atoms with van der Waals surface area (Å²) < 4.78 is 2.12. The Kier molecular flexibility index (Phi) is 3.28. The second kappa shape index (κ2) is 5.10. The molecule has 3 heteroatoms. The van der Waals surface area contributed by atoms with E-state index in [9.17, 15) is 5.11 Å². The minimum Gasteiger partial charge on any atom is -0.388 e. The lowest BCUT2D eigenvalue weighted by Crippen LogP contribution is -2.10. The molecule has 3 aromatic rings. The van der Waals surface area contributed by atoms with Gasteiger partial charge in [0, 0.05) is 0 Å². The number of aromatic nitrogens is 2. The van der Waals surface area contributed by atoms with E-state index in [1.165, 1.54) is 11.1 Å². The van der Waals surface area contributed by atoms with E-state index in [2.05, 4.69) is 53.7 Å². The Balaban J connectivity index is 2.19. The molecule has 0 radical (unpaired) electrons. The predicted molar refractivity (Wildman–Crippen MR) is 80.6 cm³/mol. The number of hydrogen-bond donors (Lipinski definition) is 1. The van der Waals surface area contributed by atoms with E-state index < -0.39 is 0 Å². The third-order valence-electron chi connectivity index (χ3n) is 3.73. The first-order chi connectivity index (χ1) is 9.70. The van der Waals surface area contributed by atoms with E-state index in [0.717, 1.165) is 11.0 Å². The minimum atomic E-state index is -0.0507. The van der Waals surface area contributed by atoms with Gasteiger partial charge in [-0.05, 0) is 37.1 Å². The molecule has 1 heterocycles. The summed E-state index contributed by atoms with van der Waals surface area (Å²) in [6.45, 7) is 4.14. The zero-order valence-electron chi connectivity index (χ0n) is 11.7. The summed E-state index contributed by atoms with van der Waals surface area (Å²) >= 11 is 0. The Morgan fingerprint density at radius 2 is 1.90 bits per heavy atom. The van der Waals surface area contributed by atoms with Crippen molar-refractivity contribution in [1.82, 2.24) is 9.55 Å². The molecule has 0 bridgehead atoms. The molecular formula is C17H18N2O. The van der Waals surface area contributed by atoms with Crippen LogP contribution in [0.4, 0.5) is 0 Å². The minimum absolute atomic E-state index is 0.0507. The molecule has 3 nitrogen and oxygen atoms in total. The zero-order valence-corrected chi connectivity index (χ0v) is 11.7. The molecule has 0 aliphatic heterocycles. The first-order valence-electron chi connectivity index (χ1n) is 6.84. The molecular weight excluding hydrogens is 248 g/mol. The fourth-order valence-electron chi connectivity index (χ4n) is 2.68. The Bertz CT molecular complexity index is 731. The lowest BCUT2D eigenvalue weighted by atomic mass is 10.1. The van der Waals surface area contributed by atoms with Gasteiger partial charge < -0.3 is 9.67 Å². The summed E-state index contributed by atoms with van der Waals surface area (Å²) in [6.07, 6.45) is 0. The Labute approximate surface area is 118 Å². The van der Waals surface area contributed by atoms with Gasteiger partial charge in [-0.2, -0.15) is 0 Å². The number of fused-ring (bicyclic) bond motifs is 1. The van der Waals surface area contributed by atoms with E-state index in [0.29, 0.717) is 5.82 Å². The standard InChI is InChI=1S/C17H18N2O/c1-12-8-9-16-15(10-12)18-17(11-20)19(16)13(2)14-6-4-3-5-7-14/h3-10,13,20H,11H2,1-2H3. The van der Waals surface area contributed by atoms with E-state index in [1.54, 1.807) is 0 Å². The van der Waals surface area contributed by atoms with Crippen molar-refractivity contribution in [2.24, 2.45) is 0 Å². The molecule has 1 aromatic heterocycles. The SMILES string of the molecule is Cc1ccc2c(c1)nc(CO)n2C(C)c1ccccc1. The molecule has 1 unspecified atom stereocenters. The third-order valence-corrected chi connectivity index (χ3v) is 3.73. The molecule has 0 saturated heterocycles. The zero-order chi connectivity index (χ0) is 14.1. The van der Waals surface area contributed by atoms with Crippen LogP contribution in [0.2, 0.25) is 0 Å². The first kappa shape index (κ1) is 12.9. The molecule has 2 aromatic carbocycles. The average molecular weight is 266 g/mol. The van der Waals surface area contributed by atoms with Gasteiger partial charge in [-0.3, -0.25) is 0 Å². The second-order valence-electron chi connectivity index (χ2n) is 5.13. The van der Waals surface area contributed by atoms with Gasteiger partial charge in [-0.25, -0.2) is 4.98 Å². The molecule has 3 rings (SSSR count). The van der Waals surface area contributed by atoms with Crippen LogP contribution in [0.3, 0.4) is 0 Å². The molecule has 0 fully saturated rings. The van der Waals surface area contributed by atoms with Crippen molar-refractivity contribution >= 4 is 11.0 Å². The van der Waals surface area contributed by atoms with Crippen LogP contribution in [0.5, 0.6) is 0 Å². The topological polar surface area (TPSA) is 38.1 Å². The lowest BCUT2D eigenvalue weighted by Gasteiger charge is -2.17. The largest absolute Gasteiger partial charge is 0.388 e. The van der Waals surface area contributed by atoms with Crippen molar-refractivity contribution in [3.05, 3.63) is 65.5 Å². The highest BCUT2D eigenvalue weighted by molar-refractivity contribution is 5.77. The Morgan fingerprint density at radius 1 is 1.15 bits per heavy atom.